The number of piperidine rings is 1. The van der Waals surface area contributed by atoms with Crippen molar-refractivity contribution in [2.24, 2.45) is 5.92 Å². The molecule has 1 saturated heterocycles. The molecular formula is C24H27N5O3. The van der Waals surface area contributed by atoms with Crippen molar-refractivity contribution in [2.75, 3.05) is 18.4 Å². The van der Waals surface area contributed by atoms with Gasteiger partial charge in [-0.1, -0.05) is 6.42 Å². The van der Waals surface area contributed by atoms with E-state index in [0.717, 1.165) is 61.5 Å². The van der Waals surface area contributed by atoms with Crippen LogP contribution in [0.2, 0.25) is 0 Å². The molecule has 8 heteroatoms. The van der Waals surface area contributed by atoms with Crippen LogP contribution in [0.4, 0.5) is 5.69 Å². The zero-order valence-corrected chi connectivity index (χ0v) is 18.0. The maximum absolute atomic E-state index is 12.9. The topological polar surface area (TPSA) is 93.3 Å². The molecule has 0 radical (unpaired) electrons. The van der Waals surface area contributed by atoms with E-state index in [1.807, 2.05) is 24.3 Å². The fraction of sp³-hybridized carbons (Fsp3) is 0.417. The highest BCUT2D eigenvalue weighted by molar-refractivity contribution is 5.96. The maximum Gasteiger partial charge on any atom is 0.257 e. The van der Waals surface area contributed by atoms with Crippen molar-refractivity contribution in [3.8, 4) is 11.4 Å². The summed E-state index contributed by atoms with van der Waals surface area (Å²) in [4.78, 5) is 27.2. The van der Waals surface area contributed by atoms with E-state index in [2.05, 4.69) is 20.1 Å². The summed E-state index contributed by atoms with van der Waals surface area (Å²) in [7, 11) is 0. The van der Waals surface area contributed by atoms with E-state index in [4.69, 9.17) is 4.42 Å². The summed E-state index contributed by atoms with van der Waals surface area (Å²) in [6, 6.07) is 9.42. The molecule has 1 aromatic carbocycles. The van der Waals surface area contributed by atoms with Gasteiger partial charge in [0.1, 0.15) is 12.1 Å². The van der Waals surface area contributed by atoms with Crippen LogP contribution in [0.15, 0.2) is 47.3 Å². The lowest BCUT2D eigenvalue weighted by Gasteiger charge is -2.31. The van der Waals surface area contributed by atoms with Crippen LogP contribution in [0.5, 0.6) is 0 Å². The van der Waals surface area contributed by atoms with Crippen LogP contribution >= 0.6 is 0 Å². The average Bonchev–Trinajstić information content (AvgIpc) is 3.45. The number of nitrogens with one attached hydrogen (secondary N) is 1. The molecule has 0 aliphatic carbocycles. The van der Waals surface area contributed by atoms with Gasteiger partial charge in [0.05, 0.1) is 17.7 Å². The van der Waals surface area contributed by atoms with Crippen LogP contribution in [-0.2, 0) is 17.8 Å². The number of carbonyl (C=O) groups is 2. The summed E-state index contributed by atoms with van der Waals surface area (Å²) < 4.78 is 7.23. The molecule has 1 N–H and O–H groups in total. The second kappa shape index (κ2) is 8.98. The second-order valence-electron chi connectivity index (χ2n) is 8.57. The van der Waals surface area contributed by atoms with Gasteiger partial charge in [0.2, 0.25) is 5.91 Å². The van der Waals surface area contributed by atoms with Crippen LogP contribution in [0.25, 0.3) is 11.4 Å². The first-order chi connectivity index (χ1) is 15.7. The highest BCUT2D eigenvalue weighted by atomic mass is 16.3. The predicted molar refractivity (Wildman–Crippen MR) is 119 cm³/mol. The molecule has 166 valence electrons. The number of carbonyl (C=O) groups excluding carboxylic acids is 2. The lowest BCUT2D eigenvalue weighted by atomic mass is 9.96. The Morgan fingerprint density at radius 3 is 2.69 bits per heavy atom. The zero-order chi connectivity index (χ0) is 21.9. The number of likely N-dealkylation sites (tertiary alicyclic amines) is 1. The summed E-state index contributed by atoms with van der Waals surface area (Å²) in [5, 5.41) is 11.8. The number of fused-ring (bicyclic) bond motifs is 1. The molecule has 0 unspecified atom stereocenters. The van der Waals surface area contributed by atoms with Crippen molar-refractivity contribution in [1.82, 2.24) is 19.7 Å². The second-order valence-corrected chi connectivity index (χ2v) is 8.57. The number of rotatable bonds is 4. The Morgan fingerprint density at radius 2 is 1.88 bits per heavy atom. The van der Waals surface area contributed by atoms with E-state index in [1.165, 1.54) is 18.9 Å². The first-order valence-corrected chi connectivity index (χ1v) is 11.3. The van der Waals surface area contributed by atoms with Crippen molar-refractivity contribution in [2.45, 2.75) is 45.1 Å². The van der Waals surface area contributed by atoms with Crippen LogP contribution in [0, 0.1) is 5.92 Å². The average molecular weight is 434 g/mol. The third kappa shape index (κ3) is 4.17. The highest BCUT2D eigenvalue weighted by Crippen LogP contribution is 2.25. The van der Waals surface area contributed by atoms with Crippen LogP contribution in [0.1, 0.15) is 48.3 Å². The van der Waals surface area contributed by atoms with Crippen LogP contribution in [0.3, 0.4) is 0 Å². The Hall–Kier alpha value is -3.42. The molecule has 3 aromatic rings. The van der Waals surface area contributed by atoms with Crippen molar-refractivity contribution in [3.63, 3.8) is 0 Å². The van der Waals surface area contributed by atoms with Gasteiger partial charge in [-0.2, -0.15) is 0 Å². The zero-order valence-electron chi connectivity index (χ0n) is 18.0. The molecule has 1 fully saturated rings. The Balaban J connectivity index is 1.23. The third-order valence-corrected chi connectivity index (χ3v) is 6.37. The Bertz CT molecular complexity index is 1090. The molecule has 8 nitrogen and oxygen atoms in total. The van der Waals surface area contributed by atoms with Crippen molar-refractivity contribution < 1.29 is 14.0 Å². The summed E-state index contributed by atoms with van der Waals surface area (Å²) in [5.41, 5.74) is 2.26. The molecule has 2 amide bonds. The molecule has 5 rings (SSSR count). The molecule has 2 aliphatic rings. The highest BCUT2D eigenvalue weighted by Gasteiger charge is 2.29. The Kier molecular flexibility index (Phi) is 5.75. The minimum atomic E-state index is -0.230. The normalized spacial score (nSPS) is 18.6. The molecule has 0 spiro atoms. The number of hydrogen-bond donors (Lipinski definition) is 1. The molecule has 2 aliphatic heterocycles. The number of amides is 2. The van der Waals surface area contributed by atoms with E-state index in [9.17, 15) is 9.59 Å². The number of aromatic nitrogens is 3. The predicted octanol–water partition coefficient (Wildman–Crippen LogP) is 3.76. The van der Waals surface area contributed by atoms with Gasteiger partial charge in [-0.25, -0.2) is 0 Å². The molecule has 32 heavy (non-hydrogen) atoms. The monoisotopic (exact) mass is 433 g/mol. The summed E-state index contributed by atoms with van der Waals surface area (Å²) in [6.07, 6.45) is 9.01. The van der Waals surface area contributed by atoms with E-state index in [-0.39, 0.29) is 17.7 Å². The van der Waals surface area contributed by atoms with Crippen LogP contribution in [-0.4, -0.2) is 44.6 Å². The number of benzene rings is 1. The fourth-order valence-electron chi connectivity index (χ4n) is 4.59. The number of aryl methyl sites for hydroxylation is 1. The molecule has 4 heterocycles. The first-order valence-electron chi connectivity index (χ1n) is 11.3. The lowest BCUT2D eigenvalue weighted by Crippen LogP contribution is -2.43. The largest absolute Gasteiger partial charge is 0.472 e. The number of nitrogens with zero attached hydrogens (tertiary/aromatic N) is 4. The van der Waals surface area contributed by atoms with Gasteiger partial charge in [-0.3, -0.25) is 9.59 Å². The Labute approximate surface area is 186 Å². The molecule has 1 atom stereocenters. The summed E-state index contributed by atoms with van der Waals surface area (Å²) >= 11 is 0. The third-order valence-electron chi connectivity index (χ3n) is 6.37. The van der Waals surface area contributed by atoms with Gasteiger partial charge in [0, 0.05) is 37.3 Å². The smallest absolute Gasteiger partial charge is 0.257 e. The summed E-state index contributed by atoms with van der Waals surface area (Å²) in [6.45, 7) is 2.02. The molecular weight excluding hydrogens is 406 g/mol. The van der Waals surface area contributed by atoms with Crippen molar-refractivity contribution in [3.05, 3.63) is 54.2 Å². The van der Waals surface area contributed by atoms with Gasteiger partial charge in [-0.05, 0) is 56.0 Å². The first kappa shape index (κ1) is 20.5. The number of anilines is 1. The molecule has 0 bridgehead atoms. The van der Waals surface area contributed by atoms with Gasteiger partial charge >= 0.3 is 0 Å². The SMILES string of the molecule is O=C(Nc1ccc(-c2nnc3n2CCCCC3)cc1)[C@H]1CCCN(C(=O)c2ccoc2)C1. The lowest BCUT2D eigenvalue weighted by molar-refractivity contribution is -0.121. The van der Waals surface area contributed by atoms with E-state index in [0.29, 0.717) is 18.7 Å². The number of hydrogen-bond acceptors (Lipinski definition) is 5. The van der Waals surface area contributed by atoms with Crippen molar-refractivity contribution in [1.29, 1.82) is 0 Å². The van der Waals surface area contributed by atoms with E-state index in [1.54, 1.807) is 11.0 Å². The van der Waals surface area contributed by atoms with Crippen molar-refractivity contribution >= 4 is 17.5 Å². The van der Waals surface area contributed by atoms with Gasteiger partial charge in [0.25, 0.3) is 5.91 Å². The van der Waals surface area contributed by atoms with Gasteiger partial charge in [-0.15, -0.1) is 10.2 Å². The molecule has 2 aromatic heterocycles. The van der Waals surface area contributed by atoms with Gasteiger partial charge < -0.3 is 19.2 Å². The number of furan rings is 1. The summed E-state index contributed by atoms with van der Waals surface area (Å²) in [5.74, 6) is 1.57. The van der Waals surface area contributed by atoms with E-state index >= 15 is 0 Å². The minimum absolute atomic E-state index is 0.0567. The molecule has 0 saturated carbocycles. The van der Waals surface area contributed by atoms with Crippen LogP contribution < -0.4 is 5.32 Å². The maximum atomic E-state index is 12.9. The fourth-order valence-corrected chi connectivity index (χ4v) is 4.59. The minimum Gasteiger partial charge on any atom is -0.472 e. The Morgan fingerprint density at radius 1 is 1.00 bits per heavy atom. The van der Waals surface area contributed by atoms with Gasteiger partial charge in [0.15, 0.2) is 5.82 Å². The standard InChI is InChI=1S/C24H27N5O3/c30-23(18-5-4-12-28(15-18)24(31)19-11-14-32-16-19)25-20-9-7-17(8-10-20)22-27-26-21-6-2-1-3-13-29(21)22/h7-11,14,16,18H,1-6,12-13,15H2,(H,25,30)/t18-/m0/s1. The quantitative estimate of drug-likeness (QED) is 0.676. The van der Waals surface area contributed by atoms with E-state index < -0.39 is 0 Å².